The van der Waals surface area contributed by atoms with Gasteiger partial charge in [0, 0.05) is 5.56 Å². The number of hydrogen-bond acceptors (Lipinski definition) is 1. The second kappa shape index (κ2) is 6.03. The third-order valence-electron chi connectivity index (χ3n) is 2.22. The quantitative estimate of drug-likeness (QED) is 0.826. The van der Waals surface area contributed by atoms with Crippen molar-refractivity contribution in [3.8, 4) is 0 Å². The van der Waals surface area contributed by atoms with Crippen LogP contribution in [-0.4, -0.2) is 13.6 Å². The SMILES string of the molecule is CNCC/C=C(/C)c1cccc(Br)c1F. The van der Waals surface area contributed by atoms with E-state index in [9.17, 15) is 4.39 Å². The highest BCUT2D eigenvalue weighted by molar-refractivity contribution is 9.10. The Morgan fingerprint density at radius 2 is 2.27 bits per heavy atom. The minimum Gasteiger partial charge on any atom is -0.319 e. The molecule has 0 radical (unpaired) electrons. The van der Waals surface area contributed by atoms with E-state index in [1.165, 1.54) is 0 Å². The topological polar surface area (TPSA) is 12.0 Å². The zero-order valence-corrected chi connectivity index (χ0v) is 10.6. The van der Waals surface area contributed by atoms with Crippen molar-refractivity contribution in [1.82, 2.24) is 5.32 Å². The summed E-state index contributed by atoms with van der Waals surface area (Å²) in [5, 5.41) is 3.05. The zero-order valence-electron chi connectivity index (χ0n) is 8.98. The van der Waals surface area contributed by atoms with Gasteiger partial charge in [-0.2, -0.15) is 0 Å². The van der Waals surface area contributed by atoms with Crippen molar-refractivity contribution >= 4 is 21.5 Å². The van der Waals surface area contributed by atoms with E-state index in [0.717, 1.165) is 18.5 Å². The minimum absolute atomic E-state index is 0.185. The molecule has 0 heterocycles. The Kier molecular flexibility index (Phi) is 4.99. The number of halogens is 2. The van der Waals surface area contributed by atoms with Gasteiger partial charge in [-0.3, -0.25) is 0 Å². The molecule has 0 aliphatic rings. The van der Waals surface area contributed by atoms with E-state index in [0.29, 0.717) is 10.0 Å². The standard InChI is InChI=1S/C12H15BrFN/c1-9(5-4-8-15-2)10-6-3-7-11(13)12(10)14/h3,5-7,15H,4,8H2,1-2H3/b9-5-. The van der Waals surface area contributed by atoms with E-state index < -0.39 is 0 Å². The molecule has 0 unspecified atom stereocenters. The largest absolute Gasteiger partial charge is 0.319 e. The second-order valence-corrected chi connectivity index (χ2v) is 4.24. The van der Waals surface area contributed by atoms with E-state index >= 15 is 0 Å². The minimum atomic E-state index is -0.185. The summed E-state index contributed by atoms with van der Waals surface area (Å²) >= 11 is 3.18. The average Bonchev–Trinajstić information content (AvgIpc) is 2.22. The van der Waals surface area contributed by atoms with Crippen LogP contribution in [0, 0.1) is 5.82 Å². The molecular weight excluding hydrogens is 257 g/mol. The highest BCUT2D eigenvalue weighted by Gasteiger charge is 2.06. The molecular formula is C12H15BrFN. The highest BCUT2D eigenvalue weighted by Crippen LogP contribution is 2.24. The summed E-state index contributed by atoms with van der Waals surface area (Å²) in [5.41, 5.74) is 1.64. The lowest BCUT2D eigenvalue weighted by atomic mass is 10.1. The van der Waals surface area contributed by atoms with Gasteiger partial charge >= 0.3 is 0 Å². The van der Waals surface area contributed by atoms with E-state index in [2.05, 4.69) is 21.2 Å². The van der Waals surface area contributed by atoms with Crippen LogP contribution >= 0.6 is 15.9 Å². The first kappa shape index (κ1) is 12.4. The van der Waals surface area contributed by atoms with Gasteiger partial charge in [0.1, 0.15) is 5.82 Å². The van der Waals surface area contributed by atoms with E-state index in [4.69, 9.17) is 0 Å². The molecule has 0 atom stereocenters. The molecule has 0 amide bonds. The van der Waals surface area contributed by atoms with Gasteiger partial charge in [0.2, 0.25) is 0 Å². The van der Waals surface area contributed by atoms with Gasteiger partial charge in [-0.1, -0.05) is 18.2 Å². The predicted molar refractivity (Wildman–Crippen MR) is 66.3 cm³/mol. The van der Waals surface area contributed by atoms with Crippen molar-refractivity contribution in [3.63, 3.8) is 0 Å². The summed E-state index contributed by atoms with van der Waals surface area (Å²) in [4.78, 5) is 0. The first-order chi connectivity index (χ1) is 7.16. The fourth-order valence-corrected chi connectivity index (χ4v) is 1.72. The van der Waals surface area contributed by atoms with Crippen molar-refractivity contribution in [2.45, 2.75) is 13.3 Å². The van der Waals surface area contributed by atoms with Crippen LogP contribution in [0.3, 0.4) is 0 Å². The van der Waals surface area contributed by atoms with Gasteiger partial charge in [0.15, 0.2) is 0 Å². The summed E-state index contributed by atoms with van der Waals surface area (Å²) in [6.07, 6.45) is 2.95. The monoisotopic (exact) mass is 271 g/mol. The molecule has 15 heavy (non-hydrogen) atoms. The molecule has 0 saturated carbocycles. The summed E-state index contributed by atoms with van der Waals surface area (Å²) in [6.45, 7) is 2.84. The van der Waals surface area contributed by atoms with Crippen LogP contribution in [0.25, 0.3) is 5.57 Å². The normalized spacial score (nSPS) is 11.9. The third kappa shape index (κ3) is 3.43. The average molecular weight is 272 g/mol. The van der Waals surface area contributed by atoms with Crippen LogP contribution in [0.1, 0.15) is 18.9 Å². The maximum atomic E-state index is 13.7. The van der Waals surface area contributed by atoms with Gasteiger partial charge in [0.05, 0.1) is 4.47 Å². The molecule has 0 bridgehead atoms. The number of rotatable bonds is 4. The van der Waals surface area contributed by atoms with Crippen molar-refractivity contribution in [3.05, 3.63) is 40.1 Å². The number of hydrogen-bond donors (Lipinski definition) is 1. The fourth-order valence-electron chi connectivity index (χ4n) is 1.35. The Hall–Kier alpha value is -0.670. The predicted octanol–water partition coefficient (Wildman–Crippen LogP) is 3.60. The first-order valence-electron chi connectivity index (χ1n) is 4.92. The molecule has 1 rings (SSSR count). The smallest absolute Gasteiger partial charge is 0.144 e. The summed E-state index contributed by atoms with van der Waals surface area (Å²) in [5.74, 6) is -0.185. The molecule has 0 aliphatic heterocycles. The molecule has 1 N–H and O–H groups in total. The van der Waals surface area contributed by atoms with Crippen LogP contribution in [-0.2, 0) is 0 Å². The number of allylic oxidation sites excluding steroid dienone is 1. The first-order valence-corrected chi connectivity index (χ1v) is 5.72. The van der Waals surface area contributed by atoms with Gasteiger partial charge < -0.3 is 5.32 Å². The van der Waals surface area contributed by atoms with Crippen LogP contribution < -0.4 is 5.32 Å². The molecule has 0 fully saturated rings. The Morgan fingerprint density at radius 1 is 1.53 bits per heavy atom. The molecule has 1 aromatic rings. The molecule has 1 aromatic carbocycles. The lowest BCUT2D eigenvalue weighted by Gasteiger charge is -2.05. The van der Waals surface area contributed by atoms with Crippen LogP contribution in [0.2, 0.25) is 0 Å². The molecule has 82 valence electrons. The molecule has 0 saturated heterocycles. The Balaban J connectivity index is 2.86. The Bertz CT molecular complexity index is 361. The van der Waals surface area contributed by atoms with Crippen molar-refractivity contribution in [2.75, 3.05) is 13.6 Å². The fraction of sp³-hybridized carbons (Fsp3) is 0.333. The van der Waals surface area contributed by atoms with Gasteiger partial charge in [0.25, 0.3) is 0 Å². The maximum absolute atomic E-state index is 13.7. The maximum Gasteiger partial charge on any atom is 0.144 e. The summed E-state index contributed by atoms with van der Waals surface area (Å²) < 4.78 is 14.2. The van der Waals surface area contributed by atoms with Gasteiger partial charge in [-0.25, -0.2) is 4.39 Å². The number of nitrogens with one attached hydrogen (secondary N) is 1. The third-order valence-corrected chi connectivity index (χ3v) is 2.83. The van der Waals surface area contributed by atoms with Crippen molar-refractivity contribution < 1.29 is 4.39 Å². The Morgan fingerprint density at radius 3 is 2.93 bits per heavy atom. The van der Waals surface area contributed by atoms with E-state index in [-0.39, 0.29) is 5.82 Å². The lowest BCUT2D eigenvalue weighted by molar-refractivity contribution is 0.617. The molecule has 3 heteroatoms. The van der Waals surface area contributed by atoms with Gasteiger partial charge in [-0.05, 0) is 54.5 Å². The lowest BCUT2D eigenvalue weighted by Crippen LogP contribution is -2.06. The molecule has 0 aromatic heterocycles. The summed E-state index contributed by atoms with van der Waals surface area (Å²) in [6, 6.07) is 5.35. The summed E-state index contributed by atoms with van der Waals surface area (Å²) in [7, 11) is 1.91. The van der Waals surface area contributed by atoms with Gasteiger partial charge in [-0.15, -0.1) is 0 Å². The van der Waals surface area contributed by atoms with E-state index in [1.807, 2.05) is 26.1 Å². The highest BCUT2D eigenvalue weighted by atomic mass is 79.9. The Labute approximate surface area is 98.5 Å². The van der Waals surface area contributed by atoms with Crippen LogP contribution in [0.4, 0.5) is 4.39 Å². The number of benzene rings is 1. The van der Waals surface area contributed by atoms with Crippen molar-refractivity contribution in [1.29, 1.82) is 0 Å². The second-order valence-electron chi connectivity index (χ2n) is 3.38. The molecule has 0 spiro atoms. The molecule has 1 nitrogen and oxygen atoms in total. The zero-order chi connectivity index (χ0) is 11.3. The van der Waals surface area contributed by atoms with Crippen LogP contribution in [0.5, 0.6) is 0 Å². The van der Waals surface area contributed by atoms with E-state index in [1.54, 1.807) is 12.1 Å². The van der Waals surface area contributed by atoms with Crippen LogP contribution in [0.15, 0.2) is 28.7 Å². The molecule has 0 aliphatic carbocycles. The van der Waals surface area contributed by atoms with Crippen molar-refractivity contribution in [2.24, 2.45) is 0 Å².